The fraction of sp³-hybridized carbons (Fsp3) is 0.188. The highest BCUT2D eigenvalue weighted by Gasteiger charge is 2.08. The molecule has 2 rings (SSSR count). The fourth-order valence-corrected chi connectivity index (χ4v) is 2.43. The van der Waals surface area contributed by atoms with Crippen molar-refractivity contribution in [3.05, 3.63) is 57.5 Å². The summed E-state index contributed by atoms with van der Waals surface area (Å²) in [4.78, 5) is 0. The van der Waals surface area contributed by atoms with Gasteiger partial charge >= 0.3 is 0 Å². The second kappa shape index (κ2) is 7.35. The van der Waals surface area contributed by atoms with Gasteiger partial charge in [-0.15, -0.1) is 0 Å². The van der Waals surface area contributed by atoms with Gasteiger partial charge in [0.05, 0.1) is 5.69 Å². The van der Waals surface area contributed by atoms with Crippen LogP contribution in [0.3, 0.4) is 0 Å². The molecule has 1 atom stereocenters. The van der Waals surface area contributed by atoms with Gasteiger partial charge in [-0.1, -0.05) is 23.7 Å². The summed E-state index contributed by atoms with van der Waals surface area (Å²) >= 11 is 9.51. The van der Waals surface area contributed by atoms with Gasteiger partial charge in [0.2, 0.25) is 0 Å². The van der Waals surface area contributed by atoms with E-state index in [4.69, 9.17) is 21.6 Å². The number of nitrogens with zero attached hydrogens (tertiary/aromatic N) is 1. The Kier molecular flexibility index (Phi) is 5.49. The minimum absolute atomic E-state index is 0.0581. The normalized spacial score (nSPS) is 11.5. The van der Waals surface area contributed by atoms with Crippen LogP contribution in [0.15, 0.2) is 46.9 Å². The fourth-order valence-electron chi connectivity index (χ4n) is 1.89. The molecule has 3 nitrogen and oxygen atoms in total. The number of anilines is 1. The van der Waals surface area contributed by atoms with Gasteiger partial charge in [0.15, 0.2) is 6.61 Å². The highest BCUT2D eigenvalue weighted by molar-refractivity contribution is 9.10. The molecule has 108 valence electrons. The molecule has 1 unspecified atom stereocenters. The van der Waals surface area contributed by atoms with Gasteiger partial charge in [-0.3, -0.25) is 0 Å². The Bertz CT molecular complexity index is 652. The first-order valence-electron chi connectivity index (χ1n) is 6.41. The van der Waals surface area contributed by atoms with Gasteiger partial charge in [0.1, 0.15) is 11.8 Å². The zero-order chi connectivity index (χ0) is 15.2. The lowest BCUT2D eigenvalue weighted by molar-refractivity contribution is 0.368. The van der Waals surface area contributed by atoms with Crippen LogP contribution in [0.4, 0.5) is 5.69 Å². The molecule has 2 aromatic rings. The van der Waals surface area contributed by atoms with E-state index in [-0.39, 0.29) is 12.6 Å². The first kappa shape index (κ1) is 15.7. The summed E-state index contributed by atoms with van der Waals surface area (Å²) in [6.07, 6.45) is 0. The molecule has 0 saturated heterocycles. The van der Waals surface area contributed by atoms with Gasteiger partial charge in [0.25, 0.3) is 0 Å². The molecular formula is C16H14BrClN2O. The summed E-state index contributed by atoms with van der Waals surface area (Å²) in [5.41, 5.74) is 2.06. The molecule has 0 aliphatic rings. The maximum Gasteiger partial charge on any atom is 0.174 e. The molecule has 0 heterocycles. The van der Waals surface area contributed by atoms with Crippen LogP contribution < -0.4 is 10.1 Å². The van der Waals surface area contributed by atoms with E-state index in [1.807, 2.05) is 48.5 Å². The molecule has 0 saturated carbocycles. The Hall–Kier alpha value is -1.70. The molecule has 0 aromatic heterocycles. The van der Waals surface area contributed by atoms with E-state index >= 15 is 0 Å². The van der Waals surface area contributed by atoms with Crippen molar-refractivity contribution in [3.63, 3.8) is 0 Å². The molecule has 0 spiro atoms. The first-order chi connectivity index (χ1) is 10.1. The van der Waals surface area contributed by atoms with Crippen LogP contribution in [0, 0.1) is 11.3 Å². The quantitative estimate of drug-likeness (QED) is 0.794. The van der Waals surface area contributed by atoms with E-state index in [2.05, 4.69) is 28.2 Å². The molecule has 21 heavy (non-hydrogen) atoms. The van der Waals surface area contributed by atoms with Crippen molar-refractivity contribution < 1.29 is 4.74 Å². The average molecular weight is 366 g/mol. The van der Waals surface area contributed by atoms with Gasteiger partial charge in [-0.25, -0.2) is 0 Å². The summed E-state index contributed by atoms with van der Waals surface area (Å²) in [6, 6.07) is 15.4. The number of ether oxygens (including phenoxy) is 1. The van der Waals surface area contributed by atoms with Gasteiger partial charge in [-0.2, -0.15) is 5.26 Å². The van der Waals surface area contributed by atoms with Crippen molar-refractivity contribution in [2.75, 3.05) is 11.9 Å². The van der Waals surface area contributed by atoms with Crippen LogP contribution in [-0.2, 0) is 0 Å². The van der Waals surface area contributed by atoms with Crippen molar-refractivity contribution in [1.29, 1.82) is 5.26 Å². The Morgan fingerprint density at radius 1 is 1.29 bits per heavy atom. The maximum absolute atomic E-state index is 8.48. The predicted octanol–water partition coefficient (Wildman–Crippen LogP) is 5.18. The second-order valence-corrected chi connectivity index (χ2v) is 5.80. The molecule has 0 aliphatic heterocycles. The highest BCUT2D eigenvalue weighted by Crippen LogP contribution is 2.29. The summed E-state index contributed by atoms with van der Waals surface area (Å²) in [5, 5.41) is 12.6. The topological polar surface area (TPSA) is 45.0 Å². The number of hydrogen-bond donors (Lipinski definition) is 1. The summed E-state index contributed by atoms with van der Waals surface area (Å²) in [6.45, 7) is 2.13. The Labute approximate surface area is 137 Å². The third kappa shape index (κ3) is 4.38. The van der Waals surface area contributed by atoms with Crippen molar-refractivity contribution in [1.82, 2.24) is 0 Å². The van der Waals surface area contributed by atoms with E-state index in [9.17, 15) is 0 Å². The van der Waals surface area contributed by atoms with E-state index < -0.39 is 0 Å². The van der Waals surface area contributed by atoms with Crippen molar-refractivity contribution in [2.45, 2.75) is 13.0 Å². The third-order valence-corrected chi connectivity index (χ3v) is 3.91. The Balaban J connectivity index is 2.08. The number of halogens is 2. The number of nitriles is 1. The van der Waals surface area contributed by atoms with Crippen LogP contribution in [-0.4, -0.2) is 6.61 Å². The van der Waals surface area contributed by atoms with Crippen LogP contribution in [0.1, 0.15) is 18.5 Å². The number of rotatable bonds is 5. The van der Waals surface area contributed by atoms with Crippen molar-refractivity contribution in [3.8, 4) is 11.8 Å². The zero-order valence-corrected chi connectivity index (χ0v) is 13.8. The van der Waals surface area contributed by atoms with Crippen LogP contribution in [0.5, 0.6) is 5.75 Å². The number of hydrogen-bond acceptors (Lipinski definition) is 3. The zero-order valence-electron chi connectivity index (χ0n) is 11.4. The van der Waals surface area contributed by atoms with Gasteiger partial charge in [-0.05, 0) is 58.7 Å². The van der Waals surface area contributed by atoms with E-state index in [1.54, 1.807) is 0 Å². The molecule has 2 aromatic carbocycles. The highest BCUT2D eigenvalue weighted by atomic mass is 79.9. The number of nitrogens with one attached hydrogen (secondary N) is 1. The summed E-state index contributed by atoms with van der Waals surface area (Å²) in [5.74, 6) is 0.691. The first-order valence-corrected chi connectivity index (χ1v) is 7.58. The van der Waals surface area contributed by atoms with Crippen molar-refractivity contribution >= 4 is 33.2 Å². The van der Waals surface area contributed by atoms with E-state index in [1.165, 1.54) is 0 Å². The number of benzene rings is 2. The van der Waals surface area contributed by atoms with E-state index in [0.29, 0.717) is 10.8 Å². The molecule has 0 amide bonds. The molecule has 0 radical (unpaired) electrons. The van der Waals surface area contributed by atoms with Gasteiger partial charge < -0.3 is 10.1 Å². The minimum atomic E-state index is 0.0581. The van der Waals surface area contributed by atoms with Crippen LogP contribution in [0.2, 0.25) is 5.02 Å². The largest absolute Gasteiger partial charge is 0.479 e. The summed E-state index contributed by atoms with van der Waals surface area (Å²) in [7, 11) is 0. The Morgan fingerprint density at radius 2 is 2.00 bits per heavy atom. The monoisotopic (exact) mass is 364 g/mol. The molecule has 5 heteroatoms. The molecule has 0 fully saturated rings. The lowest BCUT2D eigenvalue weighted by atomic mass is 10.1. The molecule has 0 aliphatic carbocycles. The second-order valence-electron chi connectivity index (χ2n) is 4.51. The standard InChI is InChI=1S/C16H14BrClN2O/c1-11(20-16-10-13(18)4-7-15(16)17)12-2-5-14(6-3-12)21-9-8-19/h2-7,10-11,20H,9H2,1H3. The van der Waals surface area contributed by atoms with Crippen LogP contribution in [0.25, 0.3) is 0 Å². The lowest BCUT2D eigenvalue weighted by Crippen LogP contribution is -2.07. The maximum atomic E-state index is 8.48. The predicted molar refractivity (Wildman–Crippen MR) is 88.7 cm³/mol. The third-order valence-electron chi connectivity index (χ3n) is 2.98. The molecule has 1 N–H and O–H groups in total. The van der Waals surface area contributed by atoms with Crippen LogP contribution >= 0.6 is 27.5 Å². The van der Waals surface area contributed by atoms with E-state index in [0.717, 1.165) is 15.7 Å². The lowest BCUT2D eigenvalue weighted by Gasteiger charge is -2.17. The smallest absolute Gasteiger partial charge is 0.174 e. The average Bonchev–Trinajstić information content (AvgIpc) is 2.49. The summed E-state index contributed by atoms with van der Waals surface area (Å²) < 4.78 is 6.20. The van der Waals surface area contributed by atoms with Crippen molar-refractivity contribution in [2.24, 2.45) is 0 Å². The molecule has 0 bridgehead atoms. The minimum Gasteiger partial charge on any atom is -0.479 e. The van der Waals surface area contributed by atoms with Gasteiger partial charge in [0, 0.05) is 15.5 Å². The SMILES string of the molecule is CC(Nc1cc(Cl)ccc1Br)c1ccc(OCC#N)cc1. The molecular weight excluding hydrogens is 352 g/mol. The Morgan fingerprint density at radius 3 is 2.67 bits per heavy atom.